The first-order valence-electron chi connectivity index (χ1n) is 8.30. The van der Waals surface area contributed by atoms with Gasteiger partial charge >= 0.3 is 0 Å². The van der Waals surface area contributed by atoms with Gasteiger partial charge in [-0.3, -0.25) is 4.98 Å². The maximum atomic E-state index is 9.36. The van der Waals surface area contributed by atoms with E-state index in [0.717, 1.165) is 16.7 Å². The number of benzene rings is 2. The first-order valence-corrected chi connectivity index (χ1v) is 8.30. The molecule has 5 heteroatoms. The molecule has 0 saturated heterocycles. The van der Waals surface area contributed by atoms with E-state index in [1.807, 2.05) is 48.5 Å². The van der Waals surface area contributed by atoms with Gasteiger partial charge in [-0.1, -0.05) is 36.4 Å². The average Bonchev–Trinajstić information content (AvgIpc) is 2.72. The zero-order valence-corrected chi connectivity index (χ0v) is 14.6. The Labute approximate surface area is 152 Å². The summed E-state index contributed by atoms with van der Waals surface area (Å²) >= 11 is 0. The number of nitrogens with zero attached hydrogens (tertiary/aromatic N) is 1. The fraction of sp³-hybridized carbons (Fsp3) is 0.190. The zero-order valence-electron chi connectivity index (χ0n) is 14.6. The van der Waals surface area contributed by atoms with Crippen molar-refractivity contribution in [1.29, 1.82) is 0 Å². The van der Waals surface area contributed by atoms with Crippen molar-refractivity contribution < 1.29 is 19.7 Å². The summed E-state index contributed by atoms with van der Waals surface area (Å²) in [5.74, 6) is 1.27. The lowest BCUT2D eigenvalue weighted by Gasteiger charge is -2.13. The van der Waals surface area contributed by atoms with Crippen molar-refractivity contribution in [3.8, 4) is 22.6 Å². The summed E-state index contributed by atoms with van der Waals surface area (Å²) in [7, 11) is 1.60. The van der Waals surface area contributed by atoms with E-state index >= 15 is 0 Å². The minimum atomic E-state index is -0.184. The highest BCUT2D eigenvalue weighted by molar-refractivity contribution is 5.67. The second-order valence-electron chi connectivity index (χ2n) is 5.79. The molecular formula is C21H21NO4. The number of aliphatic hydroxyl groups is 2. The molecule has 2 aromatic carbocycles. The van der Waals surface area contributed by atoms with E-state index < -0.39 is 0 Å². The third-order valence-electron chi connectivity index (χ3n) is 3.99. The molecule has 0 unspecified atom stereocenters. The lowest BCUT2D eigenvalue weighted by molar-refractivity contribution is 0.265. The van der Waals surface area contributed by atoms with Gasteiger partial charge in [0, 0.05) is 0 Å². The van der Waals surface area contributed by atoms with Crippen molar-refractivity contribution >= 4 is 0 Å². The first kappa shape index (κ1) is 17.9. The van der Waals surface area contributed by atoms with Gasteiger partial charge < -0.3 is 19.7 Å². The van der Waals surface area contributed by atoms with Crippen LogP contribution in [0.3, 0.4) is 0 Å². The van der Waals surface area contributed by atoms with Crippen LogP contribution < -0.4 is 9.47 Å². The second kappa shape index (κ2) is 8.47. The van der Waals surface area contributed by atoms with Crippen molar-refractivity contribution in [2.45, 2.75) is 19.8 Å². The van der Waals surface area contributed by atoms with Crippen LogP contribution in [0.2, 0.25) is 0 Å². The first-order chi connectivity index (χ1) is 12.7. The average molecular weight is 351 g/mol. The lowest BCUT2D eigenvalue weighted by atomic mass is 10.0. The van der Waals surface area contributed by atoms with Gasteiger partial charge in [-0.2, -0.15) is 0 Å². The zero-order chi connectivity index (χ0) is 18.4. The van der Waals surface area contributed by atoms with Crippen LogP contribution in [0.1, 0.15) is 17.0 Å². The smallest absolute Gasteiger partial charge is 0.161 e. The van der Waals surface area contributed by atoms with Gasteiger partial charge in [-0.25, -0.2) is 0 Å². The molecule has 0 aliphatic carbocycles. The molecule has 5 nitrogen and oxygen atoms in total. The molecule has 0 aliphatic rings. The third-order valence-corrected chi connectivity index (χ3v) is 3.99. The van der Waals surface area contributed by atoms with Gasteiger partial charge in [-0.05, 0) is 41.0 Å². The molecule has 1 aromatic heterocycles. The van der Waals surface area contributed by atoms with Crippen molar-refractivity contribution in [3.05, 3.63) is 77.6 Å². The van der Waals surface area contributed by atoms with E-state index in [4.69, 9.17) is 9.47 Å². The second-order valence-corrected chi connectivity index (χ2v) is 5.79. The molecule has 134 valence electrons. The Morgan fingerprint density at radius 1 is 0.808 bits per heavy atom. The molecule has 2 N–H and O–H groups in total. The summed E-state index contributed by atoms with van der Waals surface area (Å²) < 4.78 is 11.3. The predicted molar refractivity (Wildman–Crippen MR) is 98.8 cm³/mol. The maximum Gasteiger partial charge on any atom is 0.161 e. The normalized spacial score (nSPS) is 10.6. The van der Waals surface area contributed by atoms with E-state index in [0.29, 0.717) is 29.5 Å². The molecule has 0 saturated carbocycles. The summed E-state index contributed by atoms with van der Waals surface area (Å²) in [5, 5.41) is 18.7. The SMILES string of the molecule is COc1cc(-c2cc(CO)nc(CO)c2)ccc1OCc1ccccc1. The number of pyridine rings is 1. The molecule has 0 radical (unpaired) electrons. The van der Waals surface area contributed by atoms with Crippen LogP contribution >= 0.6 is 0 Å². The van der Waals surface area contributed by atoms with Crippen LogP contribution in [-0.2, 0) is 19.8 Å². The molecule has 1 heterocycles. The van der Waals surface area contributed by atoms with Crippen molar-refractivity contribution in [2.24, 2.45) is 0 Å². The molecule has 0 spiro atoms. The summed E-state index contributed by atoms with van der Waals surface area (Å²) in [5.41, 5.74) is 3.83. The fourth-order valence-corrected chi connectivity index (χ4v) is 2.68. The number of hydrogen-bond donors (Lipinski definition) is 2. The Balaban J connectivity index is 1.86. The largest absolute Gasteiger partial charge is 0.493 e. The maximum absolute atomic E-state index is 9.36. The number of hydrogen-bond acceptors (Lipinski definition) is 5. The van der Waals surface area contributed by atoms with Gasteiger partial charge in [0.15, 0.2) is 11.5 Å². The summed E-state index contributed by atoms with van der Waals surface area (Å²) in [6, 6.07) is 19.1. The van der Waals surface area contributed by atoms with E-state index in [1.54, 1.807) is 19.2 Å². The topological polar surface area (TPSA) is 71.8 Å². The molecule has 0 bridgehead atoms. The summed E-state index contributed by atoms with van der Waals surface area (Å²) in [4.78, 5) is 4.16. The van der Waals surface area contributed by atoms with Crippen molar-refractivity contribution in [3.63, 3.8) is 0 Å². The quantitative estimate of drug-likeness (QED) is 0.683. The molecule has 0 amide bonds. The monoisotopic (exact) mass is 351 g/mol. The number of ether oxygens (including phenoxy) is 2. The standard InChI is InChI=1S/C21H21NO4/c1-25-21-11-16(17-9-18(12-23)22-19(10-17)13-24)7-8-20(21)26-14-15-5-3-2-4-6-15/h2-11,23-24H,12-14H2,1H3. The minimum absolute atomic E-state index is 0.184. The van der Waals surface area contributed by atoms with Gasteiger partial charge in [0.2, 0.25) is 0 Å². The third kappa shape index (κ3) is 4.20. The van der Waals surface area contributed by atoms with Gasteiger partial charge in [0.1, 0.15) is 6.61 Å². The highest BCUT2D eigenvalue weighted by atomic mass is 16.5. The number of aromatic nitrogens is 1. The Morgan fingerprint density at radius 3 is 2.12 bits per heavy atom. The van der Waals surface area contributed by atoms with Crippen molar-refractivity contribution in [1.82, 2.24) is 4.98 Å². The van der Waals surface area contributed by atoms with Crippen molar-refractivity contribution in [2.75, 3.05) is 7.11 Å². The Kier molecular flexibility index (Phi) is 5.84. The molecule has 0 aliphatic heterocycles. The molecule has 26 heavy (non-hydrogen) atoms. The molecule has 0 fully saturated rings. The number of aliphatic hydroxyl groups excluding tert-OH is 2. The minimum Gasteiger partial charge on any atom is -0.493 e. The van der Waals surface area contributed by atoms with E-state index in [2.05, 4.69) is 4.98 Å². The Bertz CT molecular complexity index is 843. The summed E-state index contributed by atoms with van der Waals surface area (Å²) in [6.07, 6.45) is 0. The van der Waals surface area contributed by atoms with Crippen LogP contribution in [0, 0.1) is 0 Å². The number of rotatable bonds is 7. The lowest BCUT2D eigenvalue weighted by Crippen LogP contribution is -1.99. The molecule has 3 rings (SSSR count). The number of methoxy groups -OCH3 is 1. The van der Waals surface area contributed by atoms with Gasteiger partial charge in [0.25, 0.3) is 0 Å². The highest BCUT2D eigenvalue weighted by Crippen LogP contribution is 2.33. The Hall–Kier alpha value is -2.89. The van der Waals surface area contributed by atoms with Gasteiger partial charge in [0.05, 0.1) is 31.7 Å². The highest BCUT2D eigenvalue weighted by Gasteiger charge is 2.10. The van der Waals surface area contributed by atoms with E-state index in [1.165, 1.54) is 0 Å². The Morgan fingerprint density at radius 2 is 1.50 bits per heavy atom. The van der Waals surface area contributed by atoms with Crippen LogP contribution in [0.4, 0.5) is 0 Å². The fourth-order valence-electron chi connectivity index (χ4n) is 2.68. The van der Waals surface area contributed by atoms with Crippen LogP contribution in [0.25, 0.3) is 11.1 Å². The molecule has 0 atom stereocenters. The molecule has 3 aromatic rings. The molecular weight excluding hydrogens is 330 g/mol. The van der Waals surface area contributed by atoms with E-state index in [9.17, 15) is 10.2 Å². The van der Waals surface area contributed by atoms with Crippen LogP contribution in [-0.4, -0.2) is 22.3 Å². The van der Waals surface area contributed by atoms with Crippen LogP contribution in [0.15, 0.2) is 60.7 Å². The summed E-state index contributed by atoms with van der Waals surface area (Å²) in [6.45, 7) is 0.0849. The van der Waals surface area contributed by atoms with E-state index in [-0.39, 0.29) is 13.2 Å². The predicted octanol–water partition coefficient (Wildman–Crippen LogP) is 3.32. The van der Waals surface area contributed by atoms with Gasteiger partial charge in [-0.15, -0.1) is 0 Å². The van der Waals surface area contributed by atoms with Crippen LogP contribution in [0.5, 0.6) is 11.5 Å².